The summed E-state index contributed by atoms with van der Waals surface area (Å²) in [4.78, 5) is 1.15. The minimum Gasteiger partial charge on any atom is -0.490 e. The van der Waals surface area contributed by atoms with Gasteiger partial charge in [-0.1, -0.05) is 12.1 Å². The molecule has 114 valence electrons. The third-order valence-corrected chi connectivity index (χ3v) is 5.31. The molecule has 0 unspecified atom stereocenters. The van der Waals surface area contributed by atoms with Gasteiger partial charge in [0.15, 0.2) is 0 Å². The van der Waals surface area contributed by atoms with Crippen molar-refractivity contribution in [1.82, 2.24) is 0 Å². The molecule has 0 N–H and O–H groups in total. The standard InChI is InChI=1S/C16H23BO3S/c1-15(2)16(3,4)20-17(19-15)12-7-6-8-13(21-5)14(12)18-11-9-10-11/h6-8,11H,9-10H2,1-5H3. The number of ether oxygens (including phenoxy) is 1. The van der Waals surface area contributed by atoms with Gasteiger partial charge in [0.2, 0.25) is 0 Å². The molecule has 3 rings (SSSR count). The zero-order chi connectivity index (χ0) is 15.3. The Morgan fingerprint density at radius 3 is 2.29 bits per heavy atom. The van der Waals surface area contributed by atoms with Crippen molar-refractivity contribution in [2.75, 3.05) is 6.26 Å². The van der Waals surface area contributed by atoms with Gasteiger partial charge in [-0.25, -0.2) is 0 Å². The molecule has 0 atom stereocenters. The number of rotatable bonds is 4. The van der Waals surface area contributed by atoms with Crippen LogP contribution in [0.2, 0.25) is 0 Å². The Morgan fingerprint density at radius 1 is 1.14 bits per heavy atom. The van der Waals surface area contributed by atoms with Gasteiger partial charge in [0.25, 0.3) is 0 Å². The van der Waals surface area contributed by atoms with Crippen molar-refractivity contribution in [3.05, 3.63) is 18.2 Å². The van der Waals surface area contributed by atoms with E-state index < -0.39 is 0 Å². The summed E-state index contributed by atoms with van der Waals surface area (Å²) in [7, 11) is -0.365. The summed E-state index contributed by atoms with van der Waals surface area (Å²) in [5.41, 5.74) is 0.348. The van der Waals surface area contributed by atoms with Gasteiger partial charge >= 0.3 is 7.12 Å². The third-order valence-electron chi connectivity index (χ3n) is 4.55. The van der Waals surface area contributed by atoms with Gasteiger partial charge in [-0.05, 0) is 52.9 Å². The van der Waals surface area contributed by atoms with E-state index in [0.29, 0.717) is 6.10 Å². The van der Waals surface area contributed by atoms with Crippen molar-refractivity contribution in [3.63, 3.8) is 0 Å². The summed E-state index contributed by atoms with van der Waals surface area (Å²) >= 11 is 1.70. The summed E-state index contributed by atoms with van der Waals surface area (Å²) in [6.07, 6.45) is 4.72. The van der Waals surface area contributed by atoms with Gasteiger partial charge in [0.1, 0.15) is 5.75 Å². The van der Waals surface area contributed by atoms with Gasteiger partial charge in [0.05, 0.1) is 17.3 Å². The smallest absolute Gasteiger partial charge is 0.490 e. The molecule has 1 heterocycles. The van der Waals surface area contributed by atoms with Crippen LogP contribution in [0.3, 0.4) is 0 Å². The highest BCUT2D eigenvalue weighted by Crippen LogP contribution is 2.39. The van der Waals surface area contributed by atoms with Crippen LogP contribution in [0.4, 0.5) is 0 Å². The molecule has 0 amide bonds. The molecule has 0 radical (unpaired) electrons. The number of thioether (sulfide) groups is 1. The minimum absolute atomic E-state index is 0.329. The van der Waals surface area contributed by atoms with Crippen LogP contribution in [0, 0.1) is 0 Å². The average Bonchev–Trinajstić information content (AvgIpc) is 3.17. The predicted molar refractivity (Wildman–Crippen MR) is 87.6 cm³/mol. The van der Waals surface area contributed by atoms with E-state index in [-0.39, 0.29) is 18.3 Å². The monoisotopic (exact) mass is 306 g/mol. The lowest BCUT2D eigenvalue weighted by molar-refractivity contribution is 0.00578. The van der Waals surface area contributed by atoms with E-state index in [1.165, 1.54) is 0 Å². The molecule has 1 aliphatic carbocycles. The number of hydrogen-bond donors (Lipinski definition) is 0. The van der Waals surface area contributed by atoms with Crippen molar-refractivity contribution in [2.45, 2.75) is 62.7 Å². The van der Waals surface area contributed by atoms with Gasteiger partial charge in [-0.3, -0.25) is 0 Å². The van der Waals surface area contributed by atoms with Crippen LogP contribution < -0.4 is 10.2 Å². The van der Waals surface area contributed by atoms with Gasteiger partial charge in [-0.15, -0.1) is 11.8 Å². The van der Waals surface area contributed by atoms with E-state index in [1.54, 1.807) is 11.8 Å². The van der Waals surface area contributed by atoms with E-state index in [2.05, 4.69) is 46.1 Å². The molecule has 1 aromatic rings. The van der Waals surface area contributed by atoms with Gasteiger partial charge in [-0.2, -0.15) is 0 Å². The quantitative estimate of drug-likeness (QED) is 0.630. The van der Waals surface area contributed by atoms with E-state index in [0.717, 1.165) is 28.9 Å². The van der Waals surface area contributed by atoms with Crippen molar-refractivity contribution < 1.29 is 14.0 Å². The summed E-state index contributed by atoms with van der Waals surface area (Å²) in [5, 5.41) is 0. The summed E-state index contributed by atoms with van der Waals surface area (Å²) < 4.78 is 18.5. The largest absolute Gasteiger partial charge is 0.498 e. The van der Waals surface area contributed by atoms with Crippen molar-refractivity contribution in [3.8, 4) is 5.75 Å². The topological polar surface area (TPSA) is 27.7 Å². The maximum atomic E-state index is 6.18. The Hall–Kier alpha value is -0.645. The molecular weight excluding hydrogens is 283 g/mol. The highest BCUT2D eigenvalue weighted by atomic mass is 32.2. The van der Waals surface area contributed by atoms with Crippen molar-refractivity contribution in [2.24, 2.45) is 0 Å². The lowest BCUT2D eigenvalue weighted by Gasteiger charge is -2.32. The Kier molecular flexibility index (Phi) is 3.79. The minimum atomic E-state index is -0.365. The van der Waals surface area contributed by atoms with Crippen LogP contribution in [0.15, 0.2) is 23.1 Å². The molecule has 1 aliphatic heterocycles. The number of para-hydroxylation sites is 1. The second kappa shape index (κ2) is 5.22. The Bertz CT molecular complexity index is 524. The lowest BCUT2D eigenvalue weighted by atomic mass is 9.78. The SMILES string of the molecule is CSc1cccc(B2OC(C)(C)C(C)(C)O2)c1OC1CC1. The van der Waals surface area contributed by atoms with Crippen molar-refractivity contribution in [1.29, 1.82) is 0 Å². The van der Waals surface area contributed by atoms with Gasteiger partial charge < -0.3 is 14.0 Å². The summed E-state index contributed by atoms with van der Waals surface area (Å²) in [6.45, 7) is 8.30. The first-order valence-electron chi connectivity index (χ1n) is 7.53. The fourth-order valence-corrected chi connectivity index (χ4v) is 2.89. The molecular formula is C16H23BO3S. The predicted octanol–water partition coefficient (Wildman–Crippen LogP) is 3.25. The highest BCUT2D eigenvalue weighted by Gasteiger charge is 2.52. The van der Waals surface area contributed by atoms with Crippen LogP contribution in [0.25, 0.3) is 0 Å². The molecule has 21 heavy (non-hydrogen) atoms. The number of benzene rings is 1. The molecule has 2 aliphatic rings. The lowest BCUT2D eigenvalue weighted by Crippen LogP contribution is -2.41. The van der Waals surface area contributed by atoms with E-state index in [1.807, 2.05) is 6.07 Å². The molecule has 2 fully saturated rings. The molecule has 1 aromatic carbocycles. The van der Waals surface area contributed by atoms with E-state index in [9.17, 15) is 0 Å². The van der Waals surface area contributed by atoms with E-state index >= 15 is 0 Å². The molecule has 1 saturated heterocycles. The molecule has 3 nitrogen and oxygen atoms in total. The highest BCUT2D eigenvalue weighted by molar-refractivity contribution is 7.98. The van der Waals surface area contributed by atoms with Crippen LogP contribution in [0.1, 0.15) is 40.5 Å². The molecule has 5 heteroatoms. The third kappa shape index (κ3) is 2.83. The van der Waals surface area contributed by atoms with Crippen LogP contribution >= 0.6 is 11.8 Å². The first kappa shape index (κ1) is 15.3. The molecule has 0 bridgehead atoms. The Balaban J connectivity index is 1.95. The van der Waals surface area contributed by atoms with E-state index in [4.69, 9.17) is 14.0 Å². The molecule has 0 aromatic heterocycles. The number of hydrogen-bond acceptors (Lipinski definition) is 4. The first-order valence-corrected chi connectivity index (χ1v) is 8.76. The molecule has 0 spiro atoms. The van der Waals surface area contributed by atoms with Crippen molar-refractivity contribution >= 4 is 24.3 Å². The van der Waals surface area contributed by atoms with Crippen LogP contribution in [0.5, 0.6) is 5.75 Å². The van der Waals surface area contributed by atoms with Gasteiger partial charge in [0, 0.05) is 10.4 Å². The zero-order valence-corrected chi connectivity index (χ0v) is 14.3. The first-order chi connectivity index (χ1) is 9.84. The maximum Gasteiger partial charge on any atom is 0.498 e. The zero-order valence-electron chi connectivity index (χ0n) is 13.4. The summed E-state index contributed by atoms with van der Waals surface area (Å²) in [6, 6.07) is 6.20. The summed E-state index contributed by atoms with van der Waals surface area (Å²) in [5.74, 6) is 0.936. The fourth-order valence-electron chi connectivity index (χ4n) is 2.33. The second-order valence-corrected chi connectivity index (χ2v) is 7.63. The Labute approximate surface area is 131 Å². The average molecular weight is 306 g/mol. The normalized spacial score (nSPS) is 23.4. The van der Waals surface area contributed by atoms with Crippen LogP contribution in [-0.2, 0) is 9.31 Å². The van der Waals surface area contributed by atoms with Crippen LogP contribution in [-0.4, -0.2) is 30.7 Å². The Morgan fingerprint density at radius 2 is 1.76 bits per heavy atom. The second-order valence-electron chi connectivity index (χ2n) is 6.78. The molecule has 1 saturated carbocycles. The fraction of sp³-hybridized carbons (Fsp3) is 0.625. The maximum absolute atomic E-state index is 6.18.